The summed E-state index contributed by atoms with van der Waals surface area (Å²) in [7, 11) is 0. The molecule has 1 saturated carbocycles. The Morgan fingerprint density at radius 2 is 2.00 bits per heavy atom. The zero-order valence-corrected chi connectivity index (χ0v) is 11.1. The molecule has 90 valence electrons. The first-order valence-corrected chi connectivity index (χ1v) is 7.49. The summed E-state index contributed by atoms with van der Waals surface area (Å²) in [4.78, 5) is 1.46. The van der Waals surface area contributed by atoms with E-state index < -0.39 is 0 Å². The van der Waals surface area contributed by atoms with Crippen LogP contribution < -0.4 is 5.32 Å². The Bertz CT molecular complexity index is 273. The zero-order chi connectivity index (χ0) is 11.2. The number of rotatable bonds is 5. The van der Waals surface area contributed by atoms with Crippen LogP contribution in [-0.4, -0.2) is 6.54 Å². The molecular weight excluding hydrogens is 214 g/mol. The molecule has 2 rings (SSSR count). The molecule has 1 nitrogen and oxygen atoms in total. The molecule has 16 heavy (non-hydrogen) atoms. The Morgan fingerprint density at radius 1 is 1.25 bits per heavy atom. The van der Waals surface area contributed by atoms with E-state index in [1.54, 1.807) is 0 Å². The monoisotopic (exact) mass is 237 g/mol. The van der Waals surface area contributed by atoms with Crippen LogP contribution in [0.2, 0.25) is 0 Å². The van der Waals surface area contributed by atoms with E-state index in [1.807, 2.05) is 11.3 Å². The molecule has 1 fully saturated rings. The molecule has 0 radical (unpaired) electrons. The summed E-state index contributed by atoms with van der Waals surface area (Å²) in [6.07, 6.45) is 7.19. The molecule has 0 aliphatic heterocycles. The third kappa shape index (κ3) is 3.60. The molecule has 0 aromatic carbocycles. The van der Waals surface area contributed by atoms with Crippen molar-refractivity contribution >= 4 is 11.3 Å². The van der Waals surface area contributed by atoms with E-state index in [2.05, 4.69) is 29.8 Å². The highest BCUT2D eigenvalue weighted by Gasteiger charge is 2.19. The number of hydrogen-bond donors (Lipinski definition) is 1. The maximum absolute atomic E-state index is 3.60. The van der Waals surface area contributed by atoms with Crippen LogP contribution in [-0.2, 0) is 6.54 Å². The van der Waals surface area contributed by atoms with Gasteiger partial charge in [-0.15, -0.1) is 11.3 Å². The molecular formula is C14H23NS. The topological polar surface area (TPSA) is 12.0 Å². The lowest BCUT2D eigenvalue weighted by molar-refractivity contribution is 0.262. The molecule has 0 saturated heterocycles. The Morgan fingerprint density at radius 3 is 2.62 bits per heavy atom. The van der Waals surface area contributed by atoms with Crippen molar-refractivity contribution in [2.75, 3.05) is 6.54 Å². The summed E-state index contributed by atoms with van der Waals surface area (Å²) < 4.78 is 0. The quantitative estimate of drug-likeness (QED) is 0.814. The Hall–Kier alpha value is -0.340. The number of nitrogens with one attached hydrogen (secondary N) is 1. The van der Waals surface area contributed by atoms with Gasteiger partial charge in [0.05, 0.1) is 0 Å². The van der Waals surface area contributed by atoms with Gasteiger partial charge in [-0.05, 0) is 42.7 Å². The van der Waals surface area contributed by atoms with Crippen molar-refractivity contribution in [1.29, 1.82) is 0 Å². The van der Waals surface area contributed by atoms with Gasteiger partial charge in [-0.2, -0.15) is 0 Å². The van der Waals surface area contributed by atoms with Gasteiger partial charge in [0.25, 0.3) is 0 Å². The molecule has 1 aliphatic carbocycles. The molecule has 0 atom stereocenters. The fourth-order valence-corrected chi connectivity index (χ4v) is 3.33. The van der Waals surface area contributed by atoms with Gasteiger partial charge in [0.2, 0.25) is 0 Å². The summed E-state index contributed by atoms with van der Waals surface area (Å²) in [5.74, 6) is 1.95. The third-order valence-electron chi connectivity index (χ3n) is 3.86. The molecule has 1 aromatic heterocycles. The van der Waals surface area contributed by atoms with Crippen molar-refractivity contribution in [1.82, 2.24) is 5.32 Å². The van der Waals surface area contributed by atoms with Crippen LogP contribution in [0.5, 0.6) is 0 Å². The molecule has 1 heterocycles. The molecule has 0 unspecified atom stereocenters. The predicted octanol–water partition coefficient (Wildman–Crippen LogP) is 4.05. The second-order valence-electron chi connectivity index (χ2n) is 5.01. The molecule has 1 aliphatic rings. The lowest BCUT2D eigenvalue weighted by Gasteiger charge is -2.27. The minimum atomic E-state index is 0.933. The maximum Gasteiger partial charge on any atom is 0.0299 e. The van der Waals surface area contributed by atoms with Gasteiger partial charge in [0.1, 0.15) is 0 Å². The summed E-state index contributed by atoms with van der Waals surface area (Å²) in [6, 6.07) is 4.35. The van der Waals surface area contributed by atoms with Gasteiger partial charge in [0, 0.05) is 11.4 Å². The van der Waals surface area contributed by atoms with Crippen LogP contribution in [0.3, 0.4) is 0 Å². The fraction of sp³-hybridized carbons (Fsp3) is 0.714. The van der Waals surface area contributed by atoms with Gasteiger partial charge in [-0.3, -0.25) is 0 Å². The third-order valence-corrected chi connectivity index (χ3v) is 4.73. The summed E-state index contributed by atoms with van der Waals surface area (Å²) in [6.45, 7) is 4.61. The normalized spacial score (nSPS) is 25.8. The van der Waals surface area contributed by atoms with Crippen molar-refractivity contribution in [2.24, 2.45) is 11.8 Å². The van der Waals surface area contributed by atoms with Crippen molar-refractivity contribution in [3.05, 3.63) is 22.4 Å². The van der Waals surface area contributed by atoms with Crippen LogP contribution in [0.15, 0.2) is 17.5 Å². The van der Waals surface area contributed by atoms with Crippen LogP contribution in [0, 0.1) is 11.8 Å². The molecule has 1 aromatic rings. The highest BCUT2D eigenvalue weighted by Crippen LogP contribution is 2.30. The van der Waals surface area contributed by atoms with Crippen molar-refractivity contribution in [3.8, 4) is 0 Å². The molecule has 0 bridgehead atoms. The number of hydrogen-bond acceptors (Lipinski definition) is 2. The van der Waals surface area contributed by atoms with Crippen LogP contribution in [0.25, 0.3) is 0 Å². The Labute approximate surface area is 103 Å². The second kappa shape index (κ2) is 6.41. The predicted molar refractivity (Wildman–Crippen MR) is 71.8 cm³/mol. The van der Waals surface area contributed by atoms with Crippen molar-refractivity contribution < 1.29 is 0 Å². The average molecular weight is 237 g/mol. The standard InChI is InChI=1S/C14H23NS/c1-2-12-5-7-13(8-6-12)10-15-11-14-4-3-9-16-14/h3-4,9,12-13,15H,2,5-8,10-11H2,1H3. The first-order valence-electron chi connectivity index (χ1n) is 6.61. The molecule has 2 heteroatoms. The van der Waals surface area contributed by atoms with E-state index in [-0.39, 0.29) is 0 Å². The summed E-state index contributed by atoms with van der Waals surface area (Å²) in [5, 5.41) is 5.76. The minimum absolute atomic E-state index is 0.933. The minimum Gasteiger partial charge on any atom is -0.312 e. The van der Waals surface area contributed by atoms with E-state index in [0.29, 0.717) is 0 Å². The summed E-state index contributed by atoms with van der Waals surface area (Å²) in [5.41, 5.74) is 0. The SMILES string of the molecule is CCC1CCC(CNCc2cccs2)CC1. The highest BCUT2D eigenvalue weighted by molar-refractivity contribution is 7.09. The first kappa shape index (κ1) is 12.1. The first-order chi connectivity index (χ1) is 7.88. The van der Waals surface area contributed by atoms with Gasteiger partial charge in [0.15, 0.2) is 0 Å². The van der Waals surface area contributed by atoms with Crippen LogP contribution >= 0.6 is 11.3 Å². The van der Waals surface area contributed by atoms with E-state index in [1.165, 1.54) is 43.5 Å². The van der Waals surface area contributed by atoms with E-state index in [9.17, 15) is 0 Å². The maximum atomic E-state index is 3.60. The molecule has 1 N–H and O–H groups in total. The van der Waals surface area contributed by atoms with E-state index in [0.717, 1.165) is 18.4 Å². The van der Waals surface area contributed by atoms with Gasteiger partial charge >= 0.3 is 0 Å². The molecule has 0 amide bonds. The van der Waals surface area contributed by atoms with E-state index in [4.69, 9.17) is 0 Å². The highest BCUT2D eigenvalue weighted by atomic mass is 32.1. The fourth-order valence-electron chi connectivity index (χ4n) is 2.66. The Balaban J connectivity index is 1.60. The second-order valence-corrected chi connectivity index (χ2v) is 6.04. The average Bonchev–Trinajstić information content (AvgIpc) is 2.83. The van der Waals surface area contributed by atoms with Gasteiger partial charge in [-0.25, -0.2) is 0 Å². The largest absolute Gasteiger partial charge is 0.312 e. The smallest absolute Gasteiger partial charge is 0.0299 e. The summed E-state index contributed by atoms with van der Waals surface area (Å²) >= 11 is 1.85. The van der Waals surface area contributed by atoms with Crippen molar-refractivity contribution in [2.45, 2.75) is 45.6 Å². The van der Waals surface area contributed by atoms with E-state index >= 15 is 0 Å². The molecule has 0 spiro atoms. The van der Waals surface area contributed by atoms with Crippen molar-refractivity contribution in [3.63, 3.8) is 0 Å². The van der Waals surface area contributed by atoms with Crippen LogP contribution in [0.4, 0.5) is 0 Å². The van der Waals surface area contributed by atoms with Gasteiger partial charge < -0.3 is 5.32 Å². The van der Waals surface area contributed by atoms with Gasteiger partial charge in [-0.1, -0.05) is 32.3 Å². The number of thiophene rings is 1. The lowest BCUT2D eigenvalue weighted by Crippen LogP contribution is -2.25. The van der Waals surface area contributed by atoms with Crippen LogP contribution in [0.1, 0.15) is 43.9 Å². The zero-order valence-electron chi connectivity index (χ0n) is 10.2. The lowest BCUT2D eigenvalue weighted by atomic mass is 9.81. The Kier molecular flexibility index (Phi) is 4.86.